The predicted octanol–water partition coefficient (Wildman–Crippen LogP) is 3.93. The van der Waals surface area contributed by atoms with Gasteiger partial charge in [0.2, 0.25) is 5.91 Å². The number of amides is 1. The van der Waals surface area contributed by atoms with E-state index in [2.05, 4.69) is 10.6 Å². The summed E-state index contributed by atoms with van der Waals surface area (Å²) in [5, 5.41) is 6.28. The zero-order valence-electron chi connectivity index (χ0n) is 14.4. The quantitative estimate of drug-likeness (QED) is 0.797. The summed E-state index contributed by atoms with van der Waals surface area (Å²) >= 11 is 0. The molecule has 26 heavy (non-hydrogen) atoms. The molecule has 1 amide bonds. The number of hydrogen-bond acceptors (Lipinski definition) is 2. The average molecular weight is 381 g/mol. The topological polar surface area (TPSA) is 41.1 Å². The van der Waals surface area contributed by atoms with E-state index in [1.165, 1.54) is 24.3 Å². The fourth-order valence-electron chi connectivity index (χ4n) is 3.28. The molecule has 1 fully saturated rings. The van der Waals surface area contributed by atoms with Crippen LogP contribution in [-0.4, -0.2) is 18.5 Å². The molecule has 1 heterocycles. The fourth-order valence-corrected chi connectivity index (χ4v) is 3.28. The van der Waals surface area contributed by atoms with Crippen LogP contribution in [0.5, 0.6) is 0 Å². The number of nitrogens with one attached hydrogen (secondary N) is 2. The molecule has 3 rings (SSSR count). The summed E-state index contributed by atoms with van der Waals surface area (Å²) in [4.78, 5) is 12.4. The van der Waals surface area contributed by atoms with Gasteiger partial charge in [-0.2, -0.15) is 0 Å². The van der Waals surface area contributed by atoms with E-state index in [0.29, 0.717) is 18.4 Å². The van der Waals surface area contributed by atoms with Crippen molar-refractivity contribution in [2.45, 2.75) is 37.8 Å². The number of carbonyl (C=O) groups is 1. The molecule has 2 unspecified atom stereocenters. The summed E-state index contributed by atoms with van der Waals surface area (Å²) in [6, 6.07) is 12.2. The summed E-state index contributed by atoms with van der Waals surface area (Å²) < 4.78 is 27.1. The maximum absolute atomic E-state index is 13.6. The summed E-state index contributed by atoms with van der Waals surface area (Å²) in [6.45, 7) is 0.939. The third-order valence-electron chi connectivity index (χ3n) is 4.51. The van der Waals surface area contributed by atoms with Crippen molar-refractivity contribution in [3.8, 4) is 0 Å². The molecule has 2 aromatic carbocycles. The molecule has 6 heteroatoms. The smallest absolute Gasteiger partial charge is 0.222 e. The molecule has 0 spiro atoms. The van der Waals surface area contributed by atoms with Crippen molar-refractivity contribution in [2.75, 3.05) is 6.54 Å². The monoisotopic (exact) mass is 380 g/mol. The second kappa shape index (κ2) is 9.64. The molecule has 0 saturated carbocycles. The molecule has 140 valence electrons. The number of benzene rings is 2. The first-order valence-corrected chi connectivity index (χ1v) is 8.63. The van der Waals surface area contributed by atoms with Gasteiger partial charge >= 0.3 is 0 Å². The Kier molecular flexibility index (Phi) is 7.54. The molecule has 3 nitrogen and oxygen atoms in total. The summed E-state index contributed by atoms with van der Waals surface area (Å²) in [5.74, 6) is -0.754. The molecule has 0 aliphatic carbocycles. The Morgan fingerprint density at radius 3 is 2.54 bits per heavy atom. The van der Waals surface area contributed by atoms with Gasteiger partial charge in [0.05, 0.1) is 6.04 Å². The minimum Gasteiger partial charge on any atom is -0.349 e. The van der Waals surface area contributed by atoms with Gasteiger partial charge in [0.15, 0.2) is 0 Å². The largest absolute Gasteiger partial charge is 0.349 e. The number of carbonyl (C=O) groups excluding carboxylic acids is 1. The second-order valence-corrected chi connectivity index (χ2v) is 6.51. The van der Waals surface area contributed by atoms with Gasteiger partial charge in [-0.05, 0) is 61.2 Å². The van der Waals surface area contributed by atoms with E-state index in [4.69, 9.17) is 0 Å². The van der Waals surface area contributed by atoms with Crippen molar-refractivity contribution in [3.63, 3.8) is 0 Å². The van der Waals surface area contributed by atoms with Crippen LogP contribution >= 0.6 is 12.4 Å². The van der Waals surface area contributed by atoms with E-state index >= 15 is 0 Å². The van der Waals surface area contributed by atoms with Crippen molar-refractivity contribution in [2.24, 2.45) is 0 Å². The lowest BCUT2D eigenvalue weighted by Gasteiger charge is -2.21. The lowest BCUT2D eigenvalue weighted by molar-refractivity contribution is -0.122. The Morgan fingerprint density at radius 1 is 1.15 bits per heavy atom. The maximum atomic E-state index is 13.6. The third-order valence-corrected chi connectivity index (χ3v) is 4.51. The normalized spacial score (nSPS) is 17.4. The standard InChI is InChI=1S/C20H22F2N2O.ClH/c21-16-6-1-4-14(10-16)11-19(15-5-2-7-17(22)12-15)24-20(25)13-18-8-3-9-23-18;/h1-2,4-7,10,12,18-19,23H,3,8-9,11,13H2,(H,24,25);1H. The van der Waals surface area contributed by atoms with E-state index in [1.54, 1.807) is 24.3 Å². The summed E-state index contributed by atoms with van der Waals surface area (Å²) in [7, 11) is 0. The van der Waals surface area contributed by atoms with Crippen LogP contribution < -0.4 is 10.6 Å². The van der Waals surface area contributed by atoms with Crippen LogP contribution in [0.15, 0.2) is 48.5 Å². The van der Waals surface area contributed by atoms with Gasteiger partial charge in [-0.15, -0.1) is 12.4 Å². The van der Waals surface area contributed by atoms with E-state index in [-0.39, 0.29) is 36.0 Å². The van der Waals surface area contributed by atoms with Gasteiger partial charge in [-0.1, -0.05) is 24.3 Å². The van der Waals surface area contributed by atoms with Crippen LogP contribution in [-0.2, 0) is 11.2 Å². The molecular formula is C20H23ClF2N2O. The Bertz CT molecular complexity index is 735. The molecule has 0 radical (unpaired) electrons. The van der Waals surface area contributed by atoms with Crippen LogP contribution in [0.1, 0.15) is 36.4 Å². The van der Waals surface area contributed by atoms with Crippen molar-refractivity contribution in [1.29, 1.82) is 0 Å². The summed E-state index contributed by atoms with van der Waals surface area (Å²) in [6.07, 6.45) is 2.87. The van der Waals surface area contributed by atoms with Gasteiger partial charge in [0, 0.05) is 12.5 Å². The zero-order chi connectivity index (χ0) is 17.6. The number of rotatable bonds is 6. The van der Waals surface area contributed by atoms with Crippen LogP contribution in [0.2, 0.25) is 0 Å². The van der Waals surface area contributed by atoms with Crippen molar-refractivity contribution >= 4 is 18.3 Å². The Hall–Kier alpha value is -1.98. The van der Waals surface area contributed by atoms with Crippen molar-refractivity contribution in [1.82, 2.24) is 10.6 Å². The molecule has 2 N–H and O–H groups in total. The van der Waals surface area contributed by atoms with Gasteiger partial charge in [0.1, 0.15) is 11.6 Å². The molecular weight excluding hydrogens is 358 g/mol. The van der Waals surface area contributed by atoms with Gasteiger partial charge in [0.25, 0.3) is 0 Å². The van der Waals surface area contributed by atoms with Crippen molar-refractivity contribution < 1.29 is 13.6 Å². The third kappa shape index (κ3) is 5.78. The molecule has 2 atom stereocenters. The highest BCUT2D eigenvalue weighted by atomic mass is 35.5. The fraction of sp³-hybridized carbons (Fsp3) is 0.350. The first-order valence-electron chi connectivity index (χ1n) is 8.63. The zero-order valence-corrected chi connectivity index (χ0v) is 15.2. The van der Waals surface area contributed by atoms with E-state index in [9.17, 15) is 13.6 Å². The Labute approximate surface area is 158 Å². The van der Waals surface area contributed by atoms with Gasteiger partial charge < -0.3 is 10.6 Å². The highest BCUT2D eigenvalue weighted by Gasteiger charge is 2.21. The first kappa shape index (κ1) is 20.3. The highest BCUT2D eigenvalue weighted by Crippen LogP contribution is 2.21. The van der Waals surface area contributed by atoms with Gasteiger partial charge in [-0.3, -0.25) is 4.79 Å². The van der Waals surface area contributed by atoms with Crippen LogP contribution in [0.3, 0.4) is 0 Å². The number of hydrogen-bond donors (Lipinski definition) is 2. The molecule has 1 aliphatic rings. The van der Waals surface area contributed by atoms with Crippen LogP contribution in [0, 0.1) is 11.6 Å². The summed E-state index contributed by atoms with van der Waals surface area (Å²) in [5.41, 5.74) is 1.44. The van der Waals surface area contributed by atoms with Crippen LogP contribution in [0.25, 0.3) is 0 Å². The molecule has 1 saturated heterocycles. The minimum atomic E-state index is -0.397. The lowest BCUT2D eigenvalue weighted by atomic mass is 9.98. The van der Waals surface area contributed by atoms with Gasteiger partial charge in [-0.25, -0.2) is 8.78 Å². The highest BCUT2D eigenvalue weighted by molar-refractivity contribution is 5.85. The van der Waals surface area contributed by atoms with Crippen LogP contribution in [0.4, 0.5) is 8.78 Å². The molecule has 0 bridgehead atoms. The molecule has 1 aliphatic heterocycles. The first-order chi connectivity index (χ1) is 12.1. The molecule has 0 aromatic heterocycles. The molecule has 2 aromatic rings. The SMILES string of the molecule is Cl.O=C(CC1CCCN1)NC(Cc1cccc(F)c1)c1cccc(F)c1. The van der Waals surface area contributed by atoms with Crippen molar-refractivity contribution in [3.05, 3.63) is 71.3 Å². The van der Waals surface area contributed by atoms with E-state index in [0.717, 1.165) is 24.9 Å². The van der Waals surface area contributed by atoms with E-state index in [1.807, 2.05) is 0 Å². The Morgan fingerprint density at radius 2 is 1.88 bits per heavy atom. The maximum Gasteiger partial charge on any atom is 0.222 e. The minimum absolute atomic E-state index is 0. The van der Waals surface area contributed by atoms with E-state index < -0.39 is 6.04 Å². The lowest BCUT2D eigenvalue weighted by Crippen LogP contribution is -2.35. The Balaban J connectivity index is 0.00000243. The number of halogens is 3. The second-order valence-electron chi connectivity index (χ2n) is 6.51. The average Bonchev–Trinajstić information content (AvgIpc) is 3.07. The predicted molar refractivity (Wildman–Crippen MR) is 100 cm³/mol.